The van der Waals surface area contributed by atoms with E-state index in [9.17, 15) is 0 Å². The minimum Gasteiger partial charge on any atom is -0.315 e. The highest BCUT2D eigenvalue weighted by Gasteiger charge is 2.26. The van der Waals surface area contributed by atoms with Crippen LogP contribution in [0, 0.1) is 0 Å². The van der Waals surface area contributed by atoms with E-state index in [1.54, 1.807) is 0 Å². The largest absolute Gasteiger partial charge is 0.315 e. The maximum Gasteiger partial charge on any atom is 0.0222 e. The Kier molecular flexibility index (Phi) is 7.20. The lowest BCUT2D eigenvalue weighted by Crippen LogP contribution is -2.50. The molecule has 0 spiro atoms. The van der Waals surface area contributed by atoms with E-state index in [-0.39, 0.29) is 0 Å². The minimum atomic E-state index is 0.315. The summed E-state index contributed by atoms with van der Waals surface area (Å²) < 4.78 is 0. The molecule has 15 heavy (non-hydrogen) atoms. The van der Waals surface area contributed by atoms with Crippen LogP contribution in [0.15, 0.2) is 0 Å². The van der Waals surface area contributed by atoms with E-state index in [1.165, 1.54) is 19.3 Å². The first-order chi connectivity index (χ1) is 6.99. The summed E-state index contributed by atoms with van der Waals surface area (Å²) in [6.07, 6.45) is 3.75. The van der Waals surface area contributed by atoms with Crippen LogP contribution in [0.1, 0.15) is 53.9 Å². The maximum absolute atomic E-state index is 3.47. The van der Waals surface area contributed by atoms with Gasteiger partial charge in [-0.05, 0) is 40.3 Å². The Morgan fingerprint density at radius 3 is 2.20 bits per heavy atom. The van der Waals surface area contributed by atoms with Crippen molar-refractivity contribution in [3.63, 3.8) is 0 Å². The molecule has 0 aliphatic heterocycles. The number of rotatable bonds is 8. The molecule has 0 aromatic heterocycles. The first kappa shape index (κ1) is 14.9. The van der Waals surface area contributed by atoms with Crippen LogP contribution >= 0.6 is 0 Å². The summed E-state index contributed by atoms with van der Waals surface area (Å²) in [5, 5.41) is 3.47. The van der Waals surface area contributed by atoms with Crippen molar-refractivity contribution in [2.24, 2.45) is 0 Å². The predicted molar refractivity (Wildman–Crippen MR) is 69.4 cm³/mol. The average molecular weight is 214 g/mol. The summed E-state index contributed by atoms with van der Waals surface area (Å²) in [5.74, 6) is 0. The molecule has 2 heteroatoms. The molecule has 2 nitrogen and oxygen atoms in total. The molecule has 0 heterocycles. The van der Waals surface area contributed by atoms with Gasteiger partial charge in [0.25, 0.3) is 0 Å². The van der Waals surface area contributed by atoms with Gasteiger partial charge in [0.1, 0.15) is 0 Å². The number of nitrogens with one attached hydrogen (secondary N) is 1. The van der Waals surface area contributed by atoms with E-state index in [4.69, 9.17) is 0 Å². The molecule has 0 aliphatic carbocycles. The maximum atomic E-state index is 3.47. The Hall–Kier alpha value is -0.0800. The third-order valence-corrected chi connectivity index (χ3v) is 3.62. The van der Waals surface area contributed by atoms with Crippen molar-refractivity contribution in [1.82, 2.24) is 10.2 Å². The van der Waals surface area contributed by atoms with Crippen molar-refractivity contribution in [3.8, 4) is 0 Å². The van der Waals surface area contributed by atoms with Crippen molar-refractivity contribution >= 4 is 0 Å². The van der Waals surface area contributed by atoms with Gasteiger partial charge in [-0.1, -0.05) is 27.2 Å². The van der Waals surface area contributed by atoms with E-state index in [2.05, 4.69) is 51.9 Å². The molecule has 0 rings (SSSR count). The van der Waals surface area contributed by atoms with Gasteiger partial charge < -0.3 is 5.32 Å². The van der Waals surface area contributed by atoms with Gasteiger partial charge in [0, 0.05) is 18.1 Å². The van der Waals surface area contributed by atoms with Crippen LogP contribution < -0.4 is 5.32 Å². The molecule has 0 bridgehead atoms. The molecular weight excluding hydrogens is 184 g/mol. The van der Waals surface area contributed by atoms with Crippen LogP contribution in [0.2, 0.25) is 0 Å². The number of hydrogen-bond donors (Lipinski definition) is 1. The van der Waals surface area contributed by atoms with Crippen LogP contribution in [0.4, 0.5) is 0 Å². The van der Waals surface area contributed by atoms with Gasteiger partial charge in [0.2, 0.25) is 0 Å². The van der Waals surface area contributed by atoms with E-state index in [1.807, 2.05) is 0 Å². The Labute approximate surface area is 96.4 Å². The van der Waals surface area contributed by atoms with Crippen molar-refractivity contribution in [2.45, 2.75) is 65.5 Å². The second-order valence-corrected chi connectivity index (χ2v) is 5.03. The molecule has 0 saturated carbocycles. The number of nitrogens with zero attached hydrogens (tertiary/aromatic N) is 1. The fraction of sp³-hybridized carbons (Fsp3) is 1.00. The SMILES string of the molecule is CCCC(CNCC)N(C)C(C)(C)CC. The van der Waals surface area contributed by atoms with E-state index in [0.29, 0.717) is 11.6 Å². The first-order valence-electron chi connectivity index (χ1n) is 6.43. The monoisotopic (exact) mass is 214 g/mol. The van der Waals surface area contributed by atoms with Crippen LogP contribution in [0.25, 0.3) is 0 Å². The van der Waals surface area contributed by atoms with Crippen LogP contribution in [0.3, 0.4) is 0 Å². The van der Waals surface area contributed by atoms with Gasteiger partial charge >= 0.3 is 0 Å². The lowest BCUT2D eigenvalue weighted by Gasteiger charge is -2.41. The molecule has 92 valence electrons. The Bertz CT molecular complexity index is 155. The topological polar surface area (TPSA) is 15.3 Å². The fourth-order valence-corrected chi connectivity index (χ4v) is 1.82. The normalized spacial score (nSPS) is 14.6. The molecule has 1 N–H and O–H groups in total. The third-order valence-electron chi connectivity index (χ3n) is 3.62. The van der Waals surface area contributed by atoms with Gasteiger partial charge in [-0.3, -0.25) is 4.90 Å². The van der Waals surface area contributed by atoms with Crippen LogP contribution in [-0.4, -0.2) is 36.6 Å². The quantitative estimate of drug-likeness (QED) is 0.668. The van der Waals surface area contributed by atoms with Crippen LogP contribution in [-0.2, 0) is 0 Å². The predicted octanol–water partition coefficient (Wildman–Crippen LogP) is 2.89. The summed E-state index contributed by atoms with van der Waals surface area (Å²) in [6, 6.07) is 0.671. The summed E-state index contributed by atoms with van der Waals surface area (Å²) in [6.45, 7) is 13.6. The molecule has 0 amide bonds. The lowest BCUT2D eigenvalue weighted by molar-refractivity contribution is 0.0906. The summed E-state index contributed by atoms with van der Waals surface area (Å²) in [7, 11) is 2.27. The molecule has 0 aliphatic rings. The Balaban J connectivity index is 4.32. The van der Waals surface area contributed by atoms with Crippen molar-refractivity contribution in [3.05, 3.63) is 0 Å². The summed E-state index contributed by atoms with van der Waals surface area (Å²) >= 11 is 0. The molecule has 1 unspecified atom stereocenters. The summed E-state index contributed by atoms with van der Waals surface area (Å²) in [4.78, 5) is 2.54. The van der Waals surface area contributed by atoms with Gasteiger partial charge in [0.05, 0.1) is 0 Å². The fourth-order valence-electron chi connectivity index (χ4n) is 1.82. The van der Waals surface area contributed by atoms with E-state index < -0.39 is 0 Å². The number of hydrogen-bond acceptors (Lipinski definition) is 2. The van der Waals surface area contributed by atoms with Gasteiger partial charge in [0.15, 0.2) is 0 Å². The van der Waals surface area contributed by atoms with Crippen molar-refractivity contribution in [2.75, 3.05) is 20.1 Å². The highest BCUT2D eigenvalue weighted by molar-refractivity contribution is 4.84. The molecule has 0 aromatic carbocycles. The van der Waals surface area contributed by atoms with Gasteiger partial charge in [-0.15, -0.1) is 0 Å². The average Bonchev–Trinajstić information content (AvgIpc) is 2.23. The zero-order valence-electron chi connectivity index (χ0n) is 11.6. The molecule has 0 fully saturated rings. The zero-order chi connectivity index (χ0) is 11.9. The second-order valence-electron chi connectivity index (χ2n) is 5.03. The second kappa shape index (κ2) is 7.24. The zero-order valence-corrected chi connectivity index (χ0v) is 11.6. The molecular formula is C13H30N2. The van der Waals surface area contributed by atoms with E-state index in [0.717, 1.165) is 13.1 Å². The number of likely N-dealkylation sites (N-methyl/N-ethyl adjacent to an activating group) is 2. The van der Waals surface area contributed by atoms with Crippen molar-refractivity contribution in [1.29, 1.82) is 0 Å². The summed E-state index contributed by atoms with van der Waals surface area (Å²) in [5.41, 5.74) is 0.315. The Morgan fingerprint density at radius 1 is 1.20 bits per heavy atom. The highest BCUT2D eigenvalue weighted by Crippen LogP contribution is 2.21. The minimum absolute atomic E-state index is 0.315. The standard InChI is InChI=1S/C13H30N2/c1-7-10-12(11-14-9-3)15(6)13(4,5)8-2/h12,14H,7-11H2,1-6H3. The van der Waals surface area contributed by atoms with Gasteiger partial charge in [-0.2, -0.15) is 0 Å². The first-order valence-corrected chi connectivity index (χ1v) is 6.43. The smallest absolute Gasteiger partial charge is 0.0222 e. The van der Waals surface area contributed by atoms with Gasteiger partial charge in [-0.25, -0.2) is 0 Å². The molecule has 0 aromatic rings. The molecule has 0 radical (unpaired) electrons. The Morgan fingerprint density at radius 2 is 1.80 bits per heavy atom. The van der Waals surface area contributed by atoms with E-state index >= 15 is 0 Å². The van der Waals surface area contributed by atoms with Crippen LogP contribution in [0.5, 0.6) is 0 Å². The van der Waals surface area contributed by atoms with Crippen molar-refractivity contribution < 1.29 is 0 Å². The molecule has 1 atom stereocenters. The third kappa shape index (κ3) is 4.98. The highest BCUT2D eigenvalue weighted by atomic mass is 15.2. The molecule has 0 saturated heterocycles. The lowest BCUT2D eigenvalue weighted by atomic mass is 9.96.